The first-order valence-corrected chi connectivity index (χ1v) is 9.88. The Labute approximate surface area is 171 Å². The average Bonchev–Trinajstić information content (AvgIpc) is 2.70. The number of amides is 1. The third-order valence-electron chi connectivity index (χ3n) is 4.67. The summed E-state index contributed by atoms with van der Waals surface area (Å²) in [4.78, 5) is 15.1. The largest absolute Gasteiger partial charge is 0.493 e. The molecule has 0 aliphatic carbocycles. The average molecular weight is 400 g/mol. The first-order valence-electron chi connectivity index (χ1n) is 9.51. The van der Waals surface area contributed by atoms with Crippen molar-refractivity contribution in [2.24, 2.45) is 0 Å². The summed E-state index contributed by atoms with van der Waals surface area (Å²) in [5.74, 6) is 0.233. The van der Waals surface area contributed by atoms with Gasteiger partial charge in [-0.3, -0.25) is 9.69 Å². The van der Waals surface area contributed by atoms with E-state index in [1.54, 1.807) is 12.1 Å². The van der Waals surface area contributed by atoms with Crippen LogP contribution >= 0.6 is 11.6 Å². The molecule has 1 amide bonds. The summed E-state index contributed by atoms with van der Waals surface area (Å²) < 4.78 is 5.55. The summed E-state index contributed by atoms with van der Waals surface area (Å²) in [5, 5.41) is 3.33. The molecule has 0 saturated carbocycles. The van der Waals surface area contributed by atoms with Gasteiger partial charge < -0.3 is 15.8 Å². The molecule has 3 N–H and O–H groups in total. The van der Waals surface area contributed by atoms with Gasteiger partial charge in [-0.05, 0) is 30.5 Å². The molecule has 0 fully saturated rings. The highest BCUT2D eigenvalue weighted by Gasteiger charge is 2.17. The lowest BCUT2D eigenvalue weighted by Gasteiger charge is -2.27. The lowest BCUT2D eigenvalue weighted by atomic mass is 10.1. The fourth-order valence-electron chi connectivity index (χ4n) is 3.30. The van der Waals surface area contributed by atoms with Gasteiger partial charge >= 0.3 is 0 Å². The quantitative estimate of drug-likeness (QED) is 0.547. The normalized spacial score (nSPS) is 14.4. The molecule has 0 bridgehead atoms. The smallest absolute Gasteiger partial charge is 0.255 e. The van der Waals surface area contributed by atoms with Crippen molar-refractivity contribution in [2.45, 2.75) is 19.9 Å². The monoisotopic (exact) mass is 399 g/mol. The first kappa shape index (κ1) is 20.2. The van der Waals surface area contributed by atoms with Gasteiger partial charge in [-0.2, -0.15) is 0 Å². The second kappa shape index (κ2) is 9.62. The zero-order valence-electron chi connectivity index (χ0n) is 16.1. The molecule has 148 valence electrons. The molecule has 0 unspecified atom stereocenters. The molecule has 0 aromatic heterocycles. The number of rotatable bonds is 7. The van der Waals surface area contributed by atoms with E-state index in [0.29, 0.717) is 35.2 Å². The summed E-state index contributed by atoms with van der Waals surface area (Å²) in [5.41, 5.74) is 9.13. The predicted octanol–water partition coefficient (Wildman–Crippen LogP) is 3.88. The van der Waals surface area contributed by atoms with Crippen molar-refractivity contribution in [1.29, 1.82) is 0 Å². The van der Waals surface area contributed by atoms with Crippen LogP contribution < -0.4 is 15.8 Å². The van der Waals surface area contributed by atoms with Crippen molar-refractivity contribution < 1.29 is 9.53 Å². The number of nitrogens with two attached hydrogens (primary N) is 1. The molecule has 1 aliphatic heterocycles. The Morgan fingerprint density at radius 2 is 2.07 bits per heavy atom. The Balaban J connectivity index is 1.60. The number of carbonyl (C=O) groups excluding carboxylic acids is 1. The van der Waals surface area contributed by atoms with Gasteiger partial charge in [0.25, 0.3) is 5.91 Å². The van der Waals surface area contributed by atoms with Gasteiger partial charge in [0.05, 0.1) is 22.9 Å². The molecule has 1 heterocycles. The van der Waals surface area contributed by atoms with Crippen LogP contribution in [0.2, 0.25) is 5.02 Å². The summed E-state index contributed by atoms with van der Waals surface area (Å²) in [6.45, 7) is 5.58. The molecule has 0 saturated heterocycles. The van der Waals surface area contributed by atoms with Crippen LogP contribution in [-0.4, -0.2) is 37.0 Å². The van der Waals surface area contributed by atoms with E-state index in [1.807, 2.05) is 13.0 Å². The first-order chi connectivity index (χ1) is 13.6. The van der Waals surface area contributed by atoms with Crippen LogP contribution in [0.5, 0.6) is 5.75 Å². The van der Waals surface area contributed by atoms with Crippen LogP contribution in [0.3, 0.4) is 0 Å². The minimum Gasteiger partial charge on any atom is -0.493 e. The van der Waals surface area contributed by atoms with Crippen molar-refractivity contribution in [3.8, 4) is 5.75 Å². The van der Waals surface area contributed by atoms with Crippen LogP contribution in [0.25, 0.3) is 0 Å². The number of anilines is 1. The van der Waals surface area contributed by atoms with E-state index in [2.05, 4.69) is 40.6 Å². The molecule has 28 heavy (non-hydrogen) atoms. The molecular formula is C22H26ClN3O2. The lowest BCUT2D eigenvalue weighted by Crippen LogP contribution is -2.34. The summed E-state index contributed by atoms with van der Waals surface area (Å²) in [6, 6.07) is 13.6. The third kappa shape index (κ3) is 5.27. The topological polar surface area (TPSA) is 67.6 Å². The second-order valence-corrected chi connectivity index (χ2v) is 7.24. The Hall–Kier alpha value is -2.50. The van der Waals surface area contributed by atoms with E-state index in [4.69, 9.17) is 22.1 Å². The zero-order chi connectivity index (χ0) is 19.9. The molecule has 1 aliphatic rings. The van der Waals surface area contributed by atoms with Crippen LogP contribution in [-0.2, 0) is 6.54 Å². The minimum absolute atomic E-state index is 0.216. The number of hydrogen-bond donors (Lipinski definition) is 2. The number of halogens is 1. The number of carbonyl (C=O) groups is 1. The van der Waals surface area contributed by atoms with Crippen molar-refractivity contribution in [2.75, 3.05) is 32.0 Å². The van der Waals surface area contributed by atoms with E-state index in [9.17, 15) is 4.79 Å². The number of nitrogens with one attached hydrogen (secondary N) is 1. The van der Waals surface area contributed by atoms with Gasteiger partial charge in [0.2, 0.25) is 0 Å². The van der Waals surface area contributed by atoms with Crippen molar-refractivity contribution in [1.82, 2.24) is 10.2 Å². The fraction of sp³-hybridized carbons (Fsp3) is 0.318. The third-order valence-corrected chi connectivity index (χ3v) is 5.00. The maximum atomic E-state index is 12.7. The molecule has 5 nitrogen and oxygen atoms in total. The van der Waals surface area contributed by atoms with Gasteiger partial charge in [0, 0.05) is 32.2 Å². The number of ether oxygens (including phenoxy) is 1. The second-order valence-electron chi connectivity index (χ2n) is 6.83. The van der Waals surface area contributed by atoms with E-state index in [0.717, 1.165) is 26.1 Å². The molecule has 2 aromatic rings. The Morgan fingerprint density at radius 3 is 2.82 bits per heavy atom. The van der Waals surface area contributed by atoms with Crippen molar-refractivity contribution in [3.05, 3.63) is 70.3 Å². The molecule has 0 spiro atoms. The van der Waals surface area contributed by atoms with E-state index < -0.39 is 0 Å². The zero-order valence-corrected chi connectivity index (χ0v) is 16.8. The van der Waals surface area contributed by atoms with E-state index >= 15 is 0 Å². The van der Waals surface area contributed by atoms with Gasteiger partial charge in [-0.25, -0.2) is 0 Å². The van der Waals surface area contributed by atoms with Crippen LogP contribution in [0.1, 0.15) is 29.3 Å². The van der Waals surface area contributed by atoms with Gasteiger partial charge in [0.15, 0.2) is 0 Å². The van der Waals surface area contributed by atoms with Crippen LogP contribution in [0, 0.1) is 0 Å². The highest BCUT2D eigenvalue weighted by molar-refractivity contribution is 6.33. The van der Waals surface area contributed by atoms with Crippen LogP contribution in [0.4, 0.5) is 5.69 Å². The standard InChI is InChI=1S/C22H26ClN3O2/c1-2-28-21-12-20(24)19(23)11-18(21)22(27)25-13-17-9-6-10-26(15-17)14-16-7-4-3-5-8-16/h3-5,7-9,11-12H,2,6,10,13-15,24H2,1H3,(H,25,27). The predicted molar refractivity (Wildman–Crippen MR) is 114 cm³/mol. The maximum Gasteiger partial charge on any atom is 0.255 e. The molecule has 2 aromatic carbocycles. The van der Waals surface area contributed by atoms with Gasteiger partial charge in [-0.15, -0.1) is 0 Å². The summed E-state index contributed by atoms with van der Waals surface area (Å²) >= 11 is 6.10. The summed E-state index contributed by atoms with van der Waals surface area (Å²) in [6.07, 6.45) is 3.19. The lowest BCUT2D eigenvalue weighted by molar-refractivity contribution is 0.0952. The van der Waals surface area contributed by atoms with Gasteiger partial charge in [-0.1, -0.05) is 48.0 Å². The van der Waals surface area contributed by atoms with Crippen molar-refractivity contribution >= 4 is 23.2 Å². The highest BCUT2D eigenvalue weighted by Crippen LogP contribution is 2.29. The Kier molecular flexibility index (Phi) is 6.95. The molecule has 3 rings (SSSR count). The Bertz CT molecular complexity index is 852. The number of hydrogen-bond acceptors (Lipinski definition) is 4. The highest BCUT2D eigenvalue weighted by atomic mass is 35.5. The maximum absolute atomic E-state index is 12.7. The van der Waals surface area contributed by atoms with E-state index in [1.165, 1.54) is 11.1 Å². The molecule has 0 radical (unpaired) electrons. The van der Waals surface area contributed by atoms with E-state index in [-0.39, 0.29) is 5.91 Å². The molecular weight excluding hydrogens is 374 g/mol. The Morgan fingerprint density at radius 1 is 1.29 bits per heavy atom. The number of benzene rings is 2. The molecule has 6 heteroatoms. The molecule has 0 atom stereocenters. The summed E-state index contributed by atoms with van der Waals surface area (Å²) in [7, 11) is 0. The van der Waals surface area contributed by atoms with Crippen molar-refractivity contribution in [3.63, 3.8) is 0 Å². The SMILES string of the molecule is CCOc1cc(N)c(Cl)cc1C(=O)NCC1=CCCN(Cc2ccccc2)C1. The number of nitrogens with zero attached hydrogens (tertiary/aromatic N) is 1. The minimum atomic E-state index is -0.216. The number of nitrogen functional groups attached to an aromatic ring is 1. The van der Waals surface area contributed by atoms with Gasteiger partial charge in [0.1, 0.15) is 5.75 Å². The van der Waals surface area contributed by atoms with Crippen LogP contribution in [0.15, 0.2) is 54.1 Å². The fourth-order valence-corrected chi connectivity index (χ4v) is 3.46.